The maximum absolute atomic E-state index is 13.9. The summed E-state index contributed by atoms with van der Waals surface area (Å²) in [6, 6.07) is 22.3. The van der Waals surface area contributed by atoms with E-state index in [0.717, 1.165) is 33.6 Å². The average Bonchev–Trinajstić information content (AvgIpc) is 3.05. The number of allylic oxidation sites excluding steroid dienone is 2. The number of fused-ring (bicyclic) bond motifs is 1. The van der Waals surface area contributed by atoms with Gasteiger partial charge in [0.2, 0.25) is 0 Å². The number of carboxylic acids is 1. The van der Waals surface area contributed by atoms with Crippen LogP contribution in [0.3, 0.4) is 0 Å². The van der Waals surface area contributed by atoms with Crippen molar-refractivity contribution in [2.45, 2.75) is 26.4 Å². The number of hydrogen-bond donors (Lipinski definition) is 1. The van der Waals surface area contributed by atoms with Crippen molar-refractivity contribution >= 4 is 23.2 Å². The van der Waals surface area contributed by atoms with Gasteiger partial charge in [0.05, 0.1) is 6.42 Å². The quantitative estimate of drug-likeness (QED) is 0.474. The number of para-hydroxylation sites is 1. The topological polar surface area (TPSA) is 46.5 Å². The summed E-state index contributed by atoms with van der Waals surface area (Å²) in [4.78, 5) is 11.4. The molecule has 0 radical (unpaired) electrons. The monoisotopic (exact) mass is 414 g/mol. The van der Waals surface area contributed by atoms with Gasteiger partial charge in [-0.25, -0.2) is 4.39 Å². The maximum atomic E-state index is 13.9. The normalized spacial score (nSPS) is 14.1. The van der Waals surface area contributed by atoms with Gasteiger partial charge in [0.15, 0.2) is 0 Å². The van der Waals surface area contributed by atoms with E-state index in [-0.39, 0.29) is 12.2 Å². The Hall–Kier alpha value is -3.66. The van der Waals surface area contributed by atoms with Crippen LogP contribution in [0.5, 0.6) is 5.75 Å². The number of rotatable bonds is 7. The third kappa shape index (κ3) is 4.58. The Morgan fingerprint density at radius 1 is 0.968 bits per heavy atom. The van der Waals surface area contributed by atoms with Gasteiger partial charge in [0, 0.05) is 0 Å². The van der Waals surface area contributed by atoms with Gasteiger partial charge in [0.1, 0.15) is 18.2 Å². The zero-order valence-electron chi connectivity index (χ0n) is 17.3. The third-order valence-electron chi connectivity index (χ3n) is 5.41. The fourth-order valence-electron chi connectivity index (χ4n) is 3.97. The molecule has 1 aliphatic carbocycles. The molecule has 0 amide bonds. The molecule has 0 aromatic heterocycles. The molecule has 0 heterocycles. The first-order valence-corrected chi connectivity index (χ1v) is 10.3. The van der Waals surface area contributed by atoms with Crippen molar-refractivity contribution in [3.8, 4) is 5.75 Å². The summed E-state index contributed by atoms with van der Waals surface area (Å²) in [5, 5.41) is 9.36. The molecule has 4 rings (SSSR count). The zero-order valence-corrected chi connectivity index (χ0v) is 17.3. The molecule has 4 heteroatoms. The van der Waals surface area contributed by atoms with Crippen molar-refractivity contribution in [1.82, 2.24) is 0 Å². The van der Waals surface area contributed by atoms with E-state index in [4.69, 9.17) is 4.74 Å². The fraction of sp³-hybridized carbons (Fsp3) is 0.148. The molecule has 0 saturated carbocycles. The van der Waals surface area contributed by atoms with Crippen LogP contribution in [0.4, 0.5) is 4.39 Å². The summed E-state index contributed by atoms with van der Waals surface area (Å²) in [6.45, 7) is 2.48. The van der Waals surface area contributed by atoms with Crippen LogP contribution in [0.2, 0.25) is 0 Å². The molecule has 1 N–H and O–H groups in total. The molecule has 3 aromatic carbocycles. The largest absolute Gasteiger partial charge is 0.489 e. The van der Waals surface area contributed by atoms with Crippen LogP contribution >= 0.6 is 0 Å². The van der Waals surface area contributed by atoms with E-state index in [9.17, 15) is 14.3 Å². The van der Waals surface area contributed by atoms with Gasteiger partial charge < -0.3 is 9.84 Å². The third-order valence-corrected chi connectivity index (χ3v) is 5.41. The highest BCUT2D eigenvalue weighted by Crippen LogP contribution is 2.45. The van der Waals surface area contributed by atoms with Crippen LogP contribution in [-0.4, -0.2) is 11.1 Å². The van der Waals surface area contributed by atoms with Crippen molar-refractivity contribution in [1.29, 1.82) is 0 Å². The van der Waals surface area contributed by atoms with Gasteiger partial charge in [-0.1, -0.05) is 55.5 Å². The molecule has 3 aromatic rings. The number of carbonyl (C=O) groups is 1. The molecule has 0 bridgehead atoms. The summed E-state index contributed by atoms with van der Waals surface area (Å²) < 4.78 is 19.7. The van der Waals surface area contributed by atoms with Crippen LogP contribution < -0.4 is 4.74 Å². The van der Waals surface area contributed by atoms with Crippen molar-refractivity contribution in [3.63, 3.8) is 0 Å². The van der Waals surface area contributed by atoms with Crippen LogP contribution in [0.1, 0.15) is 42.0 Å². The van der Waals surface area contributed by atoms with Crippen molar-refractivity contribution in [3.05, 3.63) is 106 Å². The van der Waals surface area contributed by atoms with Gasteiger partial charge in [-0.15, -0.1) is 0 Å². The molecule has 0 saturated heterocycles. The summed E-state index contributed by atoms with van der Waals surface area (Å²) in [6.07, 6.45) is 2.60. The second-order valence-electron chi connectivity index (χ2n) is 7.47. The summed E-state index contributed by atoms with van der Waals surface area (Å²) >= 11 is 0. The van der Waals surface area contributed by atoms with Crippen LogP contribution in [0, 0.1) is 5.82 Å². The Kier molecular flexibility index (Phi) is 5.99. The van der Waals surface area contributed by atoms with Crippen LogP contribution in [0.15, 0.2) is 78.4 Å². The molecular formula is C27H23FO3. The van der Waals surface area contributed by atoms with Crippen LogP contribution in [-0.2, 0) is 11.4 Å². The Labute approximate surface area is 181 Å². The van der Waals surface area contributed by atoms with Crippen molar-refractivity contribution in [2.75, 3.05) is 0 Å². The number of carboxylic acid groups (broad SMARTS) is 1. The standard InChI is InChI=1S/C27H23FO3/c1-2-22-24(23-13-12-20(28)15-25(23)26(22)16-27(29)30)14-18-8-10-19(11-9-18)17-31-21-6-4-3-5-7-21/h3-15H,2,16-17H2,1H3,(H,29,30)/b24-14-. The first-order valence-electron chi connectivity index (χ1n) is 10.3. The first-order chi connectivity index (χ1) is 15.0. The number of ether oxygens (including phenoxy) is 1. The van der Waals surface area contributed by atoms with E-state index < -0.39 is 5.97 Å². The lowest BCUT2D eigenvalue weighted by atomic mass is 9.98. The van der Waals surface area contributed by atoms with Gasteiger partial charge in [-0.3, -0.25) is 4.79 Å². The molecule has 31 heavy (non-hydrogen) atoms. The average molecular weight is 414 g/mol. The predicted octanol–water partition coefficient (Wildman–Crippen LogP) is 6.60. The van der Waals surface area contributed by atoms with Crippen LogP contribution in [0.25, 0.3) is 17.2 Å². The Morgan fingerprint density at radius 2 is 1.71 bits per heavy atom. The fourth-order valence-corrected chi connectivity index (χ4v) is 3.97. The number of benzene rings is 3. The molecule has 156 valence electrons. The SMILES string of the molecule is CCC1=C(CC(=O)O)c2cc(F)ccc2/C1=C\c1ccc(COc2ccccc2)cc1. The van der Waals surface area contributed by atoms with Gasteiger partial charge in [-0.2, -0.15) is 0 Å². The second-order valence-corrected chi connectivity index (χ2v) is 7.47. The molecule has 1 aliphatic rings. The second kappa shape index (κ2) is 9.00. The molecule has 0 atom stereocenters. The summed E-state index contributed by atoms with van der Waals surface area (Å²) in [5.74, 6) is -0.450. The van der Waals surface area contributed by atoms with Gasteiger partial charge >= 0.3 is 5.97 Å². The van der Waals surface area contributed by atoms with E-state index in [2.05, 4.69) is 0 Å². The maximum Gasteiger partial charge on any atom is 0.307 e. The number of hydrogen-bond acceptors (Lipinski definition) is 2. The minimum Gasteiger partial charge on any atom is -0.489 e. The molecule has 3 nitrogen and oxygen atoms in total. The Bertz CT molecular complexity index is 1160. The number of aliphatic carboxylic acids is 1. The molecule has 0 spiro atoms. The smallest absolute Gasteiger partial charge is 0.307 e. The first kappa shape index (κ1) is 20.6. The molecule has 0 aliphatic heterocycles. The van der Waals surface area contributed by atoms with Gasteiger partial charge in [-0.05, 0) is 75.7 Å². The van der Waals surface area contributed by atoms with E-state index in [1.807, 2.05) is 67.6 Å². The highest BCUT2D eigenvalue weighted by Gasteiger charge is 2.27. The van der Waals surface area contributed by atoms with E-state index in [1.54, 1.807) is 6.07 Å². The lowest BCUT2D eigenvalue weighted by Gasteiger charge is -2.08. The Morgan fingerprint density at radius 3 is 2.39 bits per heavy atom. The zero-order chi connectivity index (χ0) is 21.8. The summed E-state index contributed by atoms with van der Waals surface area (Å²) in [7, 11) is 0. The number of halogens is 1. The van der Waals surface area contributed by atoms with E-state index >= 15 is 0 Å². The summed E-state index contributed by atoms with van der Waals surface area (Å²) in [5.41, 5.74) is 6.23. The molecule has 0 fully saturated rings. The molecule has 0 unspecified atom stereocenters. The lowest BCUT2D eigenvalue weighted by Crippen LogP contribution is -1.97. The Balaban J connectivity index is 1.62. The van der Waals surface area contributed by atoms with Crippen molar-refractivity contribution < 1.29 is 19.0 Å². The lowest BCUT2D eigenvalue weighted by molar-refractivity contribution is -0.135. The van der Waals surface area contributed by atoms with E-state index in [1.165, 1.54) is 12.1 Å². The van der Waals surface area contributed by atoms with Gasteiger partial charge in [0.25, 0.3) is 0 Å². The highest BCUT2D eigenvalue weighted by atomic mass is 19.1. The van der Waals surface area contributed by atoms with Crippen molar-refractivity contribution in [2.24, 2.45) is 0 Å². The van der Waals surface area contributed by atoms with E-state index in [0.29, 0.717) is 24.2 Å². The minimum atomic E-state index is -0.916. The minimum absolute atomic E-state index is 0.118. The predicted molar refractivity (Wildman–Crippen MR) is 121 cm³/mol. The highest BCUT2D eigenvalue weighted by molar-refractivity contribution is 6.07. The molecular weight excluding hydrogens is 391 g/mol.